The molecule has 0 atom stereocenters. The van der Waals surface area contributed by atoms with Gasteiger partial charge in [-0.15, -0.1) is 11.3 Å². The summed E-state index contributed by atoms with van der Waals surface area (Å²) in [4.78, 5) is 18.1. The number of thiazole rings is 1. The molecule has 84 valence electrons. The summed E-state index contributed by atoms with van der Waals surface area (Å²) in [5.41, 5.74) is 1.52. The van der Waals surface area contributed by atoms with E-state index in [9.17, 15) is 9.90 Å². The van der Waals surface area contributed by atoms with Crippen molar-refractivity contribution >= 4 is 17.2 Å². The van der Waals surface area contributed by atoms with Crippen LogP contribution in [-0.4, -0.2) is 40.1 Å². The number of rotatable bonds is 3. The predicted octanol–water partition coefficient (Wildman–Crippen LogP) is 1.29. The summed E-state index contributed by atoms with van der Waals surface area (Å²) in [6.07, 6.45) is 0. The molecule has 4 nitrogen and oxygen atoms in total. The van der Waals surface area contributed by atoms with Crippen molar-refractivity contribution < 1.29 is 9.90 Å². The van der Waals surface area contributed by atoms with E-state index in [0.717, 1.165) is 5.69 Å². The zero-order valence-electron chi connectivity index (χ0n) is 9.44. The zero-order chi connectivity index (χ0) is 11.6. The van der Waals surface area contributed by atoms with Gasteiger partial charge in [-0.25, -0.2) is 4.98 Å². The van der Waals surface area contributed by atoms with Gasteiger partial charge in [-0.3, -0.25) is 4.79 Å². The molecule has 1 amide bonds. The van der Waals surface area contributed by atoms with E-state index in [4.69, 9.17) is 0 Å². The number of hydrogen-bond acceptors (Lipinski definition) is 4. The number of aryl methyl sites for hydroxylation is 1. The lowest BCUT2D eigenvalue weighted by Gasteiger charge is -2.25. The Morgan fingerprint density at radius 2 is 2.27 bits per heavy atom. The van der Waals surface area contributed by atoms with Crippen molar-refractivity contribution in [2.24, 2.45) is 0 Å². The molecule has 1 heterocycles. The van der Waals surface area contributed by atoms with Crippen LogP contribution >= 0.6 is 11.3 Å². The molecule has 5 heteroatoms. The highest BCUT2D eigenvalue weighted by Gasteiger charge is 2.22. The standard InChI is InChI=1S/C10H16N2O2S/c1-7-8(15-6-11-7)9(13)12(4)5-10(2,3)14/h6,14H,5H2,1-4H3. The van der Waals surface area contributed by atoms with Gasteiger partial charge >= 0.3 is 0 Å². The molecule has 0 aromatic carbocycles. The average molecular weight is 228 g/mol. The molecule has 15 heavy (non-hydrogen) atoms. The molecule has 0 spiro atoms. The Balaban J connectivity index is 2.74. The molecular weight excluding hydrogens is 212 g/mol. The highest BCUT2D eigenvalue weighted by Crippen LogP contribution is 2.15. The van der Waals surface area contributed by atoms with Crippen LogP contribution in [0.15, 0.2) is 5.51 Å². The van der Waals surface area contributed by atoms with E-state index < -0.39 is 5.60 Å². The fourth-order valence-electron chi connectivity index (χ4n) is 1.33. The highest BCUT2D eigenvalue weighted by molar-refractivity contribution is 7.11. The summed E-state index contributed by atoms with van der Waals surface area (Å²) in [7, 11) is 1.68. The number of carbonyl (C=O) groups is 1. The summed E-state index contributed by atoms with van der Waals surface area (Å²) in [6.45, 7) is 5.47. The van der Waals surface area contributed by atoms with E-state index in [1.165, 1.54) is 16.2 Å². The molecule has 0 bridgehead atoms. The Morgan fingerprint density at radius 3 is 2.67 bits per heavy atom. The van der Waals surface area contributed by atoms with E-state index >= 15 is 0 Å². The van der Waals surface area contributed by atoms with Crippen LogP contribution in [-0.2, 0) is 0 Å². The zero-order valence-corrected chi connectivity index (χ0v) is 10.3. The summed E-state index contributed by atoms with van der Waals surface area (Å²) in [5.74, 6) is -0.0860. The van der Waals surface area contributed by atoms with E-state index in [1.54, 1.807) is 26.4 Å². The van der Waals surface area contributed by atoms with Crippen LogP contribution in [0.25, 0.3) is 0 Å². The smallest absolute Gasteiger partial charge is 0.265 e. The third-order valence-electron chi connectivity index (χ3n) is 1.91. The molecule has 0 aliphatic heterocycles. The fourth-order valence-corrected chi connectivity index (χ4v) is 2.13. The van der Waals surface area contributed by atoms with Crippen LogP contribution in [0.5, 0.6) is 0 Å². The van der Waals surface area contributed by atoms with Crippen molar-refractivity contribution in [1.82, 2.24) is 9.88 Å². The lowest BCUT2D eigenvalue weighted by Crippen LogP contribution is -2.39. The Hall–Kier alpha value is -0.940. The van der Waals surface area contributed by atoms with Gasteiger partial charge in [-0.1, -0.05) is 0 Å². The van der Waals surface area contributed by atoms with Gasteiger partial charge in [0, 0.05) is 13.6 Å². The van der Waals surface area contributed by atoms with Crippen LogP contribution in [0.4, 0.5) is 0 Å². The van der Waals surface area contributed by atoms with Gasteiger partial charge in [0.2, 0.25) is 0 Å². The third-order valence-corrected chi connectivity index (χ3v) is 2.83. The van der Waals surface area contributed by atoms with E-state index in [1.807, 2.05) is 6.92 Å². The summed E-state index contributed by atoms with van der Waals surface area (Å²) in [5, 5.41) is 9.60. The van der Waals surface area contributed by atoms with Crippen LogP contribution in [0.1, 0.15) is 29.2 Å². The van der Waals surface area contributed by atoms with Gasteiger partial charge in [0.25, 0.3) is 5.91 Å². The van der Waals surface area contributed by atoms with Crippen LogP contribution in [0.3, 0.4) is 0 Å². The van der Waals surface area contributed by atoms with Gasteiger partial charge in [0.15, 0.2) is 0 Å². The van der Waals surface area contributed by atoms with Gasteiger partial charge in [0.05, 0.1) is 16.8 Å². The van der Waals surface area contributed by atoms with Crippen molar-refractivity contribution in [2.45, 2.75) is 26.4 Å². The van der Waals surface area contributed by atoms with Gasteiger partial charge in [0.1, 0.15) is 4.88 Å². The molecule has 1 rings (SSSR count). The Morgan fingerprint density at radius 1 is 1.67 bits per heavy atom. The monoisotopic (exact) mass is 228 g/mol. The topological polar surface area (TPSA) is 53.4 Å². The average Bonchev–Trinajstić information content (AvgIpc) is 2.47. The number of amides is 1. The minimum Gasteiger partial charge on any atom is -0.389 e. The number of hydrogen-bond donors (Lipinski definition) is 1. The summed E-state index contributed by atoms with van der Waals surface area (Å²) < 4.78 is 0. The molecule has 0 aliphatic rings. The molecule has 0 aliphatic carbocycles. The molecule has 1 aromatic heterocycles. The lowest BCUT2D eigenvalue weighted by atomic mass is 10.1. The number of aromatic nitrogens is 1. The van der Waals surface area contributed by atoms with Gasteiger partial charge in [-0.2, -0.15) is 0 Å². The number of nitrogens with zero attached hydrogens (tertiary/aromatic N) is 2. The minimum atomic E-state index is -0.872. The lowest BCUT2D eigenvalue weighted by molar-refractivity contribution is 0.0370. The molecule has 0 unspecified atom stereocenters. The van der Waals surface area contributed by atoms with Crippen molar-refractivity contribution in [3.8, 4) is 0 Å². The van der Waals surface area contributed by atoms with Crippen molar-refractivity contribution in [3.05, 3.63) is 16.1 Å². The first kappa shape index (κ1) is 12.1. The second kappa shape index (κ2) is 4.28. The predicted molar refractivity (Wildman–Crippen MR) is 60.1 cm³/mol. The maximum Gasteiger partial charge on any atom is 0.265 e. The molecule has 1 aromatic rings. The second-order valence-corrected chi connectivity index (χ2v) is 5.10. The van der Waals surface area contributed by atoms with Crippen LogP contribution in [0.2, 0.25) is 0 Å². The highest BCUT2D eigenvalue weighted by atomic mass is 32.1. The first-order valence-electron chi connectivity index (χ1n) is 4.69. The van der Waals surface area contributed by atoms with Crippen molar-refractivity contribution in [2.75, 3.05) is 13.6 Å². The van der Waals surface area contributed by atoms with Crippen LogP contribution < -0.4 is 0 Å². The quantitative estimate of drug-likeness (QED) is 0.848. The van der Waals surface area contributed by atoms with Gasteiger partial charge < -0.3 is 10.0 Å². The number of aliphatic hydroxyl groups is 1. The number of carbonyl (C=O) groups excluding carboxylic acids is 1. The Labute approximate surface area is 93.6 Å². The molecular formula is C10H16N2O2S. The number of likely N-dealkylation sites (N-methyl/N-ethyl adjacent to an activating group) is 1. The van der Waals surface area contributed by atoms with E-state index in [2.05, 4.69) is 4.98 Å². The molecule has 0 saturated carbocycles. The fraction of sp³-hybridized carbons (Fsp3) is 0.600. The van der Waals surface area contributed by atoms with E-state index in [0.29, 0.717) is 11.4 Å². The largest absolute Gasteiger partial charge is 0.389 e. The third kappa shape index (κ3) is 3.28. The first-order valence-corrected chi connectivity index (χ1v) is 5.57. The SMILES string of the molecule is Cc1ncsc1C(=O)N(C)CC(C)(C)O. The molecule has 0 radical (unpaired) electrons. The van der Waals surface area contributed by atoms with Gasteiger partial charge in [-0.05, 0) is 20.8 Å². The second-order valence-electron chi connectivity index (χ2n) is 4.24. The van der Waals surface area contributed by atoms with Crippen LogP contribution in [0, 0.1) is 6.92 Å². The first-order chi connectivity index (χ1) is 6.81. The Kier molecular flexibility index (Phi) is 3.46. The van der Waals surface area contributed by atoms with Crippen molar-refractivity contribution in [3.63, 3.8) is 0 Å². The maximum atomic E-state index is 11.9. The molecule has 0 fully saturated rings. The molecule has 0 saturated heterocycles. The Bertz CT molecular complexity index is 355. The minimum absolute atomic E-state index is 0.0860. The van der Waals surface area contributed by atoms with Crippen molar-refractivity contribution in [1.29, 1.82) is 0 Å². The molecule has 1 N–H and O–H groups in total. The normalized spacial score (nSPS) is 11.5. The summed E-state index contributed by atoms with van der Waals surface area (Å²) in [6, 6.07) is 0. The maximum absolute atomic E-state index is 11.9. The summed E-state index contributed by atoms with van der Waals surface area (Å²) >= 11 is 1.33. The van der Waals surface area contributed by atoms with E-state index in [-0.39, 0.29) is 5.91 Å².